The molecule has 0 amide bonds. The van der Waals surface area contributed by atoms with E-state index in [-0.39, 0.29) is 21.1 Å². The zero-order chi connectivity index (χ0) is 36.8. The van der Waals surface area contributed by atoms with Gasteiger partial charge in [0.2, 0.25) is 0 Å². The minimum Gasteiger partial charge on any atom is -0.509 e. The summed E-state index contributed by atoms with van der Waals surface area (Å²) in [4.78, 5) is 4.85. The second kappa shape index (κ2) is 15.8. The quantitative estimate of drug-likeness (QED) is 0.102. The normalized spacial score (nSPS) is 17.6. The van der Waals surface area contributed by atoms with Crippen molar-refractivity contribution in [3.8, 4) is 23.0 Å². The average Bonchev–Trinajstić information content (AvgIpc) is 3.57. The van der Waals surface area contributed by atoms with Gasteiger partial charge in [-0.25, -0.2) is 4.98 Å². The molecule has 5 nitrogen and oxygen atoms in total. The third-order valence-corrected chi connectivity index (χ3v) is 10.7. The number of hydrogen-bond donors (Lipinski definition) is 0. The Labute approximate surface area is 331 Å². The van der Waals surface area contributed by atoms with E-state index in [1.165, 1.54) is 39.8 Å². The van der Waals surface area contributed by atoms with Crippen LogP contribution in [0.3, 0.4) is 0 Å². The van der Waals surface area contributed by atoms with Crippen molar-refractivity contribution in [2.45, 2.75) is 100 Å². The van der Waals surface area contributed by atoms with Gasteiger partial charge < -0.3 is 9.30 Å². The molecule has 0 radical (unpaired) electrons. The molecule has 3 heterocycles. The summed E-state index contributed by atoms with van der Waals surface area (Å²) in [6, 6.07) is 28.7. The van der Waals surface area contributed by atoms with Crippen molar-refractivity contribution in [2.24, 2.45) is 23.7 Å². The molecule has 3 aromatic heterocycles. The molecule has 1 aliphatic carbocycles. The van der Waals surface area contributed by atoms with Crippen molar-refractivity contribution in [1.82, 2.24) is 19.3 Å². The molecule has 0 spiro atoms. The Morgan fingerprint density at radius 2 is 1.60 bits per heavy atom. The fraction of sp³-hybridized carbons (Fsp3) is 0.404. The monoisotopic (exact) mass is 885 g/mol. The van der Waals surface area contributed by atoms with Crippen LogP contribution in [0.15, 0.2) is 78.5 Å². The largest absolute Gasteiger partial charge is 2.00 e. The Bertz CT molecular complexity index is 2270. The van der Waals surface area contributed by atoms with E-state index in [1.807, 2.05) is 12.3 Å². The number of para-hydroxylation sites is 1. The molecular formula is C47H54N4OPt. The first-order chi connectivity index (χ1) is 24.9. The van der Waals surface area contributed by atoms with E-state index in [9.17, 15) is 0 Å². The first-order valence-electron chi connectivity index (χ1n) is 19.3. The van der Waals surface area contributed by atoms with Gasteiger partial charge in [0.15, 0.2) is 0 Å². The van der Waals surface area contributed by atoms with Crippen LogP contribution in [0.5, 0.6) is 11.5 Å². The van der Waals surface area contributed by atoms with Crippen LogP contribution in [0.4, 0.5) is 0 Å². The van der Waals surface area contributed by atoms with Crippen molar-refractivity contribution in [1.29, 1.82) is 0 Å². The maximum atomic E-state index is 6.73. The molecule has 0 N–H and O–H groups in total. The predicted molar refractivity (Wildman–Crippen MR) is 215 cm³/mol. The molecule has 0 saturated carbocycles. The molecule has 0 saturated heterocycles. The van der Waals surface area contributed by atoms with Gasteiger partial charge in [0.05, 0.1) is 5.69 Å². The van der Waals surface area contributed by atoms with Gasteiger partial charge in [-0.2, -0.15) is 11.2 Å². The Morgan fingerprint density at radius 1 is 0.849 bits per heavy atom. The van der Waals surface area contributed by atoms with Gasteiger partial charge in [-0.1, -0.05) is 90.8 Å². The van der Waals surface area contributed by atoms with Crippen LogP contribution in [-0.2, 0) is 33.9 Å². The first kappa shape index (κ1) is 38.8. The van der Waals surface area contributed by atoms with Crippen molar-refractivity contribution in [3.63, 3.8) is 0 Å². The molecule has 7 rings (SSSR count). The third-order valence-electron chi connectivity index (χ3n) is 10.7. The molecule has 278 valence electrons. The van der Waals surface area contributed by atoms with Gasteiger partial charge in [0.1, 0.15) is 5.82 Å². The van der Waals surface area contributed by atoms with Crippen molar-refractivity contribution >= 4 is 21.8 Å². The van der Waals surface area contributed by atoms with E-state index >= 15 is 0 Å². The summed E-state index contributed by atoms with van der Waals surface area (Å²) < 4.78 is 11.1. The SMILES string of the molecule is CC1=C[C@H](C)C[C@H](C)C1c1c(C)nn(-c2[c-]c(Oc3[c-]c4c(cc3)c3ccccc3n4-c3cc(CC(C)C)ccn3)cc(C(C)C)c2)c1CC(C)C.[Pt+2]. The smallest absolute Gasteiger partial charge is 0.509 e. The Balaban J connectivity index is 0.00000481. The second-order valence-electron chi connectivity index (χ2n) is 16.5. The van der Waals surface area contributed by atoms with Gasteiger partial charge in [0.25, 0.3) is 0 Å². The summed E-state index contributed by atoms with van der Waals surface area (Å²) in [5.41, 5.74) is 10.7. The second-order valence-corrected chi connectivity index (χ2v) is 16.5. The molecule has 0 fully saturated rings. The van der Waals surface area contributed by atoms with Crippen molar-refractivity contribution in [3.05, 3.63) is 119 Å². The Kier molecular flexibility index (Phi) is 11.6. The molecule has 3 atom stereocenters. The zero-order valence-electron chi connectivity index (χ0n) is 33.0. The summed E-state index contributed by atoms with van der Waals surface area (Å²) in [6.07, 6.45) is 7.54. The third kappa shape index (κ3) is 7.83. The average molecular weight is 886 g/mol. The molecule has 53 heavy (non-hydrogen) atoms. The first-order valence-corrected chi connectivity index (χ1v) is 19.3. The molecule has 6 aromatic rings. The van der Waals surface area contributed by atoms with E-state index < -0.39 is 0 Å². The molecule has 3 aromatic carbocycles. The number of aryl methyl sites for hydroxylation is 1. The molecular weight excluding hydrogens is 832 g/mol. The van der Waals surface area contributed by atoms with Crippen molar-refractivity contribution < 1.29 is 25.8 Å². The van der Waals surface area contributed by atoms with Crippen LogP contribution in [0, 0.1) is 42.7 Å². The number of hydrogen-bond acceptors (Lipinski definition) is 3. The number of ether oxygens (including phenoxy) is 1. The van der Waals surface area contributed by atoms with Gasteiger partial charge in [-0.3, -0.25) is 4.68 Å². The summed E-state index contributed by atoms with van der Waals surface area (Å²) in [7, 11) is 0. The van der Waals surface area contributed by atoms with E-state index in [0.29, 0.717) is 47.0 Å². The van der Waals surface area contributed by atoms with E-state index in [2.05, 4.69) is 151 Å². The molecule has 0 aliphatic heterocycles. The summed E-state index contributed by atoms with van der Waals surface area (Å²) in [6.45, 7) is 22.8. The van der Waals surface area contributed by atoms with Crippen LogP contribution in [0.1, 0.15) is 109 Å². The van der Waals surface area contributed by atoms with Crippen LogP contribution in [0.2, 0.25) is 0 Å². The fourth-order valence-corrected chi connectivity index (χ4v) is 8.60. The summed E-state index contributed by atoms with van der Waals surface area (Å²) >= 11 is 0. The standard InChI is InChI=1S/C47H54N4O.Pt/c1-28(2)19-35-17-18-48-45(23-35)50-42-14-12-11-13-40(42)41-16-15-38(27-43(41)50)52-39-25-36(30(5)6)24-37(26-39)51-44(20-29(3)4)47(34(10)49-51)46-32(8)21-31(7)22-33(46)9;/h11-18,21,23-25,28-31,33,46H,19-20,22H2,1-10H3;/q-2;+2/t31-,33-,46?;/m0./s1. The maximum absolute atomic E-state index is 6.73. The van der Waals surface area contributed by atoms with Crippen LogP contribution >= 0.6 is 0 Å². The number of aromatic nitrogens is 4. The number of rotatable bonds is 10. The maximum Gasteiger partial charge on any atom is 2.00 e. The minimum atomic E-state index is 0. The minimum absolute atomic E-state index is 0. The topological polar surface area (TPSA) is 44.9 Å². The van der Waals surface area contributed by atoms with Gasteiger partial charge >= 0.3 is 21.1 Å². The number of nitrogens with zero attached hydrogens (tertiary/aromatic N) is 4. The number of fused-ring (bicyclic) bond motifs is 3. The van der Waals surface area contributed by atoms with E-state index in [4.69, 9.17) is 14.8 Å². The van der Waals surface area contributed by atoms with Crippen LogP contribution in [0.25, 0.3) is 33.3 Å². The summed E-state index contributed by atoms with van der Waals surface area (Å²) in [5, 5.41) is 7.55. The van der Waals surface area contributed by atoms with Crippen LogP contribution < -0.4 is 4.74 Å². The molecule has 6 heteroatoms. The fourth-order valence-electron chi connectivity index (χ4n) is 8.60. The number of pyridine rings is 1. The molecule has 1 aliphatic rings. The number of allylic oxidation sites excluding steroid dienone is 2. The van der Waals surface area contributed by atoms with E-state index in [0.717, 1.165) is 46.5 Å². The van der Waals surface area contributed by atoms with E-state index in [1.54, 1.807) is 0 Å². The van der Waals surface area contributed by atoms with Crippen LogP contribution in [-0.4, -0.2) is 19.3 Å². The molecule has 0 bridgehead atoms. The van der Waals surface area contributed by atoms with Gasteiger partial charge in [-0.05, 0) is 97.5 Å². The van der Waals surface area contributed by atoms with Gasteiger partial charge in [-0.15, -0.1) is 41.3 Å². The Morgan fingerprint density at radius 3 is 2.32 bits per heavy atom. The zero-order valence-corrected chi connectivity index (χ0v) is 35.3. The Hall–Kier alpha value is -3.95. The van der Waals surface area contributed by atoms with Gasteiger partial charge in [0, 0.05) is 40.4 Å². The predicted octanol–water partition coefficient (Wildman–Crippen LogP) is 12.3. The van der Waals surface area contributed by atoms with Crippen molar-refractivity contribution in [2.75, 3.05) is 0 Å². The molecule has 1 unspecified atom stereocenters. The number of benzene rings is 3. The summed E-state index contributed by atoms with van der Waals surface area (Å²) in [5.74, 6) is 5.06.